The summed E-state index contributed by atoms with van der Waals surface area (Å²) in [6, 6.07) is 5.21. The Labute approximate surface area is 80.7 Å². The van der Waals surface area contributed by atoms with E-state index in [1.807, 2.05) is 0 Å². The maximum Gasteiger partial charge on any atom is 0.337 e. The third-order valence-corrected chi connectivity index (χ3v) is 2.13. The maximum absolute atomic E-state index is 11.2. The predicted molar refractivity (Wildman–Crippen MR) is 54.1 cm³/mol. The topological polar surface area (TPSA) is 68.1 Å². The summed E-state index contributed by atoms with van der Waals surface area (Å²) in [5.74, 6) is -0.347. The van der Waals surface area contributed by atoms with E-state index in [1.54, 1.807) is 24.4 Å². The zero-order valence-electron chi connectivity index (χ0n) is 7.70. The Hall–Kier alpha value is -1.97. The summed E-state index contributed by atoms with van der Waals surface area (Å²) in [6.07, 6.45) is 1.70. The molecule has 2 rings (SSSR count). The molecular weight excluding hydrogens is 180 g/mol. The summed E-state index contributed by atoms with van der Waals surface area (Å²) in [5, 5.41) is 0.914. The lowest BCUT2D eigenvalue weighted by molar-refractivity contribution is 0.0601. The number of aromatic amines is 1. The molecule has 2 aromatic rings. The Morgan fingerprint density at radius 2 is 2.29 bits per heavy atom. The first-order valence-electron chi connectivity index (χ1n) is 4.17. The summed E-state index contributed by atoms with van der Waals surface area (Å²) in [7, 11) is 1.36. The highest BCUT2D eigenvalue weighted by atomic mass is 16.5. The first-order chi connectivity index (χ1) is 6.72. The number of H-pyrrole nitrogens is 1. The van der Waals surface area contributed by atoms with Crippen molar-refractivity contribution in [3.63, 3.8) is 0 Å². The fourth-order valence-corrected chi connectivity index (χ4v) is 1.39. The van der Waals surface area contributed by atoms with Gasteiger partial charge in [0.1, 0.15) is 0 Å². The van der Waals surface area contributed by atoms with Gasteiger partial charge in [-0.25, -0.2) is 4.79 Å². The quantitative estimate of drug-likeness (QED) is 0.670. The van der Waals surface area contributed by atoms with Gasteiger partial charge in [0.05, 0.1) is 18.4 Å². The van der Waals surface area contributed by atoms with Crippen molar-refractivity contribution in [2.24, 2.45) is 0 Å². The molecule has 0 radical (unpaired) electrons. The van der Waals surface area contributed by atoms with Crippen LogP contribution in [0.2, 0.25) is 0 Å². The highest BCUT2D eigenvalue weighted by Crippen LogP contribution is 2.21. The number of hydrogen-bond donors (Lipinski definition) is 2. The smallest absolute Gasteiger partial charge is 0.337 e. The zero-order chi connectivity index (χ0) is 10.1. The van der Waals surface area contributed by atoms with Crippen molar-refractivity contribution in [1.29, 1.82) is 0 Å². The zero-order valence-corrected chi connectivity index (χ0v) is 7.70. The minimum Gasteiger partial charge on any atom is -0.465 e. The van der Waals surface area contributed by atoms with E-state index in [1.165, 1.54) is 7.11 Å². The van der Waals surface area contributed by atoms with Gasteiger partial charge in [-0.15, -0.1) is 0 Å². The van der Waals surface area contributed by atoms with E-state index < -0.39 is 0 Å². The van der Waals surface area contributed by atoms with Gasteiger partial charge in [0.15, 0.2) is 0 Å². The highest BCUT2D eigenvalue weighted by molar-refractivity contribution is 5.98. The number of rotatable bonds is 1. The third-order valence-electron chi connectivity index (χ3n) is 2.13. The SMILES string of the molecule is COC(=O)c1ccc2c(N)c[nH]c2c1. The van der Waals surface area contributed by atoms with Crippen LogP contribution in [0.1, 0.15) is 10.4 Å². The molecule has 14 heavy (non-hydrogen) atoms. The Morgan fingerprint density at radius 3 is 3.00 bits per heavy atom. The Morgan fingerprint density at radius 1 is 1.50 bits per heavy atom. The van der Waals surface area contributed by atoms with E-state index >= 15 is 0 Å². The normalized spacial score (nSPS) is 10.4. The van der Waals surface area contributed by atoms with Gasteiger partial charge in [0.2, 0.25) is 0 Å². The molecule has 1 aromatic carbocycles. The van der Waals surface area contributed by atoms with Crippen LogP contribution >= 0.6 is 0 Å². The monoisotopic (exact) mass is 190 g/mol. The minimum absolute atomic E-state index is 0.347. The molecule has 3 N–H and O–H groups in total. The number of hydrogen-bond acceptors (Lipinski definition) is 3. The molecule has 4 nitrogen and oxygen atoms in total. The molecule has 0 aliphatic heterocycles. The number of anilines is 1. The molecule has 0 amide bonds. The molecule has 0 fully saturated rings. The number of carbonyl (C=O) groups is 1. The number of esters is 1. The largest absolute Gasteiger partial charge is 0.465 e. The van der Waals surface area contributed by atoms with Crippen molar-refractivity contribution in [1.82, 2.24) is 4.98 Å². The summed E-state index contributed by atoms with van der Waals surface area (Å²) >= 11 is 0. The molecule has 0 atom stereocenters. The molecule has 4 heteroatoms. The second-order valence-corrected chi connectivity index (χ2v) is 3.00. The number of nitrogen functional groups attached to an aromatic ring is 1. The van der Waals surface area contributed by atoms with Gasteiger partial charge < -0.3 is 15.5 Å². The van der Waals surface area contributed by atoms with Crippen LogP contribution in [-0.2, 0) is 4.74 Å². The molecule has 0 aliphatic carbocycles. The van der Waals surface area contributed by atoms with Crippen LogP contribution in [0, 0.1) is 0 Å². The number of aromatic nitrogens is 1. The first kappa shape index (κ1) is 8.62. The Bertz CT molecular complexity index is 488. The van der Waals surface area contributed by atoms with Gasteiger partial charge >= 0.3 is 5.97 Å². The van der Waals surface area contributed by atoms with Crippen molar-refractivity contribution in [3.05, 3.63) is 30.0 Å². The van der Waals surface area contributed by atoms with Gasteiger partial charge in [-0.05, 0) is 18.2 Å². The number of nitrogens with one attached hydrogen (secondary N) is 1. The predicted octanol–water partition coefficient (Wildman–Crippen LogP) is 1.54. The van der Waals surface area contributed by atoms with Gasteiger partial charge in [-0.3, -0.25) is 0 Å². The fraction of sp³-hybridized carbons (Fsp3) is 0.100. The van der Waals surface area contributed by atoms with Gasteiger partial charge in [-0.2, -0.15) is 0 Å². The summed E-state index contributed by atoms with van der Waals surface area (Å²) in [6.45, 7) is 0. The molecule has 0 saturated carbocycles. The molecule has 0 saturated heterocycles. The van der Waals surface area contributed by atoms with E-state index in [9.17, 15) is 4.79 Å². The number of ether oxygens (including phenoxy) is 1. The molecule has 0 bridgehead atoms. The molecule has 0 spiro atoms. The number of carbonyl (C=O) groups excluding carboxylic acids is 1. The van der Waals surface area contributed by atoms with E-state index in [4.69, 9.17) is 5.73 Å². The molecule has 0 aliphatic rings. The average Bonchev–Trinajstić information content (AvgIpc) is 2.59. The standard InChI is InChI=1S/C10H10N2O2/c1-14-10(13)6-2-3-7-8(11)5-12-9(7)4-6/h2-5,12H,11H2,1H3. The molecule has 0 unspecified atom stereocenters. The summed E-state index contributed by atoms with van der Waals surface area (Å²) < 4.78 is 4.61. The Kier molecular flexibility index (Phi) is 1.89. The van der Waals surface area contributed by atoms with Crippen LogP contribution in [-0.4, -0.2) is 18.1 Å². The van der Waals surface area contributed by atoms with E-state index in [-0.39, 0.29) is 5.97 Å². The van der Waals surface area contributed by atoms with Gasteiger partial charge in [-0.1, -0.05) is 0 Å². The lowest BCUT2D eigenvalue weighted by Crippen LogP contribution is -2.00. The first-order valence-corrected chi connectivity index (χ1v) is 4.17. The van der Waals surface area contributed by atoms with Crippen molar-refractivity contribution >= 4 is 22.6 Å². The van der Waals surface area contributed by atoms with Crippen molar-refractivity contribution < 1.29 is 9.53 Å². The van der Waals surface area contributed by atoms with Crippen molar-refractivity contribution in [3.8, 4) is 0 Å². The minimum atomic E-state index is -0.347. The number of methoxy groups -OCH3 is 1. The van der Waals surface area contributed by atoms with E-state index in [2.05, 4.69) is 9.72 Å². The molecule has 1 aromatic heterocycles. The highest BCUT2D eigenvalue weighted by Gasteiger charge is 2.07. The number of benzene rings is 1. The van der Waals surface area contributed by atoms with Crippen LogP contribution in [0.15, 0.2) is 24.4 Å². The van der Waals surface area contributed by atoms with Crippen LogP contribution in [0.5, 0.6) is 0 Å². The lowest BCUT2D eigenvalue weighted by Gasteiger charge is -1.98. The third kappa shape index (κ3) is 1.21. The second kappa shape index (κ2) is 3.06. The van der Waals surface area contributed by atoms with Crippen LogP contribution in [0.3, 0.4) is 0 Å². The maximum atomic E-state index is 11.2. The van der Waals surface area contributed by atoms with Crippen molar-refractivity contribution in [2.75, 3.05) is 12.8 Å². The average molecular weight is 190 g/mol. The number of fused-ring (bicyclic) bond motifs is 1. The molecule has 72 valence electrons. The summed E-state index contributed by atoms with van der Waals surface area (Å²) in [4.78, 5) is 14.2. The van der Waals surface area contributed by atoms with E-state index in [0.29, 0.717) is 11.3 Å². The van der Waals surface area contributed by atoms with E-state index in [0.717, 1.165) is 10.9 Å². The van der Waals surface area contributed by atoms with Crippen molar-refractivity contribution in [2.45, 2.75) is 0 Å². The Balaban J connectivity index is 2.57. The fourth-order valence-electron chi connectivity index (χ4n) is 1.39. The van der Waals surface area contributed by atoms with Gasteiger partial charge in [0.25, 0.3) is 0 Å². The summed E-state index contributed by atoms with van der Waals surface area (Å²) in [5.41, 5.74) is 7.72. The molecule has 1 heterocycles. The lowest BCUT2D eigenvalue weighted by atomic mass is 10.1. The van der Waals surface area contributed by atoms with Gasteiger partial charge in [0, 0.05) is 17.1 Å². The number of nitrogens with two attached hydrogens (primary N) is 1. The molecular formula is C10H10N2O2. The second-order valence-electron chi connectivity index (χ2n) is 3.00. The van der Waals surface area contributed by atoms with Crippen LogP contribution in [0.4, 0.5) is 5.69 Å². The van der Waals surface area contributed by atoms with Crippen LogP contribution < -0.4 is 5.73 Å². The van der Waals surface area contributed by atoms with Crippen LogP contribution in [0.25, 0.3) is 10.9 Å².